The average Bonchev–Trinajstić information content (AvgIpc) is 2.83. The summed E-state index contributed by atoms with van der Waals surface area (Å²) in [5.41, 5.74) is 0.883. The summed E-state index contributed by atoms with van der Waals surface area (Å²) in [7, 11) is 0. The minimum absolute atomic E-state index is 0.00521. The van der Waals surface area contributed by atoms with Crippen molar-refractivity contribution in [3.8, 4) is 0 Å². The lowest BCUT2D eigenvalue weighted by Crippen LogP contribution is -2.40. The number of carboxylic acids is 1. The van der Waals surface area contributed by atoms with E-state index in [9.17, 15) is 9.90 Å². The third-order valence-electron chi connectivity index (χ3n) is 4.12. The number of aromatic carboxylic acids is 1. The van der Waals surface area contributed by atoms with Crippen LogP contribution in [0.3, 0.4) is 0 Å². The van der Waals surface area contributed by atoms with Crippen molar-refractivity contribution in [1.29, 1.82) is 0 Å². The Morgan fingerprint density at radius 2 is 1.95 bits per heavy atom. The lowest BCUT2D eigenvalue weighted by molar-refractivity contribution is 0.0695. The fraction of sp³-hybridized carbons (Fsp3) is 0.438. The van der Waals surface area contributed by atoms with Crippen LogP contribution in [0.15, 0.2) is 28.7 Å². The van der Waals surface area contributed by atoms with Gasteiger partial charge in [-0.15, -0.1) is 0 Å². The molecule has 0 atom stereocenters. The van der Waals surface area contributed by atoms with Crippen molar-refractivity contribution in [2.45, 2.75) is 45.7 Å². The number of nitrogens with one attached hydrogen (secondary N) is 1. The Morgan fingerprint density at radius 3 is 2.55 bits per heavy atom. The molecular weight excluding hydrogens is 254 g/mol. The molecule has 1 aromatic heterocycles. The van der Waals surface area contributed by atoms with E-state index >= 15 is 0 Å². The Balaban J connectivity index is 2.34. The topological polar surface area (TPSA) is 62.5 Å². The molecule has 2 aromatic rings. The van der Waals surface area contributed by atoms with Gasteiger partial charge in [0, 0.05) is 10.9 Å². The monoisotopic (exact) mass is 275 g/mol. The van der Waals surface area contributed by atoms with Gasteiger partial charge in [-0.05, 0) is 25.8 Å². The summed E-state index contributed by atoms with van der Waals surface area (Å²) in [5, 5.41) is 13.5. The summed E-state index contributed by atoms with van der Waals surface area (Å²) in [6, 6.07) is 7.25. The van der Waals surface area contributed by atoms with Gasteiger partial charge in [0.15, 0.2) is 0 Å². The predicted molar refractivity (Wildman–Crippen MR) is 79.0 cm³/mol. The van der Waals surface area contributed by atoms with E-state index in [0.717, 1.165) is 12.8 Å². The molecule has 1 aromatic carbocycles. The molecule has 0 saturated carbocycles. The fourth-order valence-corrected chi connectivity index (χ4v) is 2.25. The first-order valence-electron chi connectivity index (χ1n) is 6.99. The normalized spacial score (nSPS) is 11.9. The standard InChI is InChI=1S/C16H21NO3/c1-4-16(3,5-2)17-10-13-14(15(18)19)11-8-6-7-9-12(11)20-13/h6-9,17H,4-5,10H2,1-3H3,(H,18,19). The number of hydrogen-bond donors (Lipinski definition) is 2. The number of para-hydroxylation sites is 1. The highest BCUT2D eigenvalue weighted by Crippen LogP contribution is 2.26. The lowest BCUT2D eigenvalue weighted by Gasteiger charge is -2.28. The third-order valence-corrected chi connectivity index (χ3v) is 4.12. The number of fused-ring (bicyclic) bond motifs is 1. The largest absolute Gasteiger partial charge is 0.478 e. The number of carboxylic acid groups (broad SMARTS) is 1. The van der Waals surface area contributed by atoms with Gasteiger partial charge in [0.1, 0.15) is 16.9 Å². The molecule has 0 amide bonds. The van der Waals surface area contributed by atoms with Gasteiger partial charge >= 0.3 is 5.97 Å². The van der Waals surface area contributed by atoms with Gasteiger partial charge in [-0.1, -0.05) is 32.0 Å². The summed E-state index contributed by atoms with van der Waals surface area (Å²) >= 11 is 0. The van der Waals surface area contributed by atoms with Crippen molar-refractivity contribution in [3.05, 3.63) is 35.6 Å². The van der Waals surface area contributed by atoms with Crippen LogP contribution in [0.2, 0.25) is 0 Å². The third kappa shape index (κ3) is 2.70. The number of furan rings is 1. The quantitative estimate of drug-likeness (QED) is 0.841. The Bertz CT molecular complexity index is 611. The molecule has 0 aliphatic heterocycles. The van der Waals surface area contributed by atoms with Crippen LogP contribution >= 0.6 is 0 Å². The molecule has 0 radical (unpaired) electrons. The second kappa shape index (κ2) is 5.67. The molecule has 0 fully saturated rings. The molecule has 0 bridgehead atoms. The van der Waals surface area contributed by atoms with Gasteiger partial charge in [0.25, 0.3) is 0 Å². The molecule has 0 unspecified atom stereocenters. The van der Waals surface area contributed by atoms with Crippen molar-refractivity contribution >= 4 is 16.9 Å². The first-order valence-corrected chi connectivity index (χ1v) is 6.99. The minimum Gasteiger partial charge on any atom is -0.478 e. The molecule has 0 aliphatic carbocycles. The number of hydrogen-bond acceptors (Lipinski definition) is 3. The van der Waals surface area contributed by atoms with Crippen LogP contribution < -0.4 is 5.32 Å². The maximum absolute atomic E-state index is 11.5. The van der Waals surface area contributed by atoms with Crippen LogP contribution in [0.25, 0.3) is 11.0 Å². The summed E-state index contributed by atoms with van der Waals surface area (Å²) in [6.07, 6.45) is 1.96. The van der Waals surface area contributed by atoms with Gasteiger partial charge in [-0.3, -0.25) is 0 Å². The molecule has 0 spiro atoms. The summed E-state index contributed by atoms with van der Waals surface area (Å²) in [4.78, 5) is 11.5. The molecule has 20 heavy (non-hydrogen) atoms. The van der Waals surface area contributed by atoms with Crippen LogP contribution in [-0.2, 0) is 6.54 Å². The highest BCUT2D eigenvalue weighted by Gasteiger charge is 2.23. The first-order chi connectivity index (χ1) is 9.50. The van der Waals surface area contributed by atoms with Crippen LogP contribution in [0.5, 0.6) is 0 Å². The van der Waals surface area contributed by atoms with E-state index in [2.05, 4.69) is 26.1 Å². The van der Waals surface area contributed by atoms with Crippen molar-refractivity contribution < 1.29 is 14.3 Å². The molecule has 108 valence electrons. The first kappa shape index (κ1) is 14.6. The van der Waals surface area contributed by atoms with Crippen molar-refractivity contribution in [1.82, 2.24) is 5.32 Å². The van der Waals surface area contributed by atoms with E-state index in [-0.39, 0.29) is 11.1 Å². The van der Waals surface area contributed by atoms with Crippen LogP contribution in [0, 0.1) is 0 Å². The minimum atomic E-state index is -0.943. The smallest absolute Gasteiger partial charge is 0.339 e. The van der Waals surface area contributed by atoms with E-state index in [1.165, 1.54) is 0 Å². The number of carbonyl (C=O) groups is 1. The van der Waals surface area contributed by atoms with Crippen molar-refractivity contribution in [2.24, 2.45) is 0 Å². The molecule has 0 aliphatic rings. The van der Waals surface area contributed by atoms with Crippen molar-refractivity contribution in [3.63, 3.8) is 0 Å². The Hall–Kier alpha value is -1.81. The number of benzene rings is 1. The fourth-order valence-electron chi connectivity index (χ4n) is 2.25. The van der Waals surface area contributed by atoms with Crippen LogP contribution in [0.1, 0.15) is 49.7 Å². The van der Waals surface area contributed by atoms with E-state index in [4.69, 9.17) is 4.42 Å². The maximum Gasteiger partial charge on any atom is 0.339 e. The van der Waals surface area contributed by atoms with Gasteiger partial charge < -0.3 is 14.8 Å². The Labute approximate surface area is 118 Å². The van der Waals surface area contributed by atoms with E-state index in [0.29, 0.717) is 23.3 Å². The maximum atomic E-state index is 11.5. The molecule has 2 N–H and O–H groups in total. The summed E-state index contributed by atoms with van der Waals surface area (Å²) < 4.78 is 5.70. The van der Waals surface area contributed by atoms with Crippen LogP contribution in [0.4, 0.5) is 0 Å². The lowest BCUT2D eigenvalue weighted by atomic mass is 9.95. The Kier molecular flexibility index (Phi) is 4.14. The predicted octanol–water partition coefficient (Wildman–Crippen LogP) is 3.80. The summed E-state index contributed by atoms with van der Waals surface area (Å²) in [5.74, 6) is -0.451. The molecular formula is C16H21NO3. The molecule has 2 rings (SSSR count). The molecule has 1 heterocycles. The zero-order valence-electron chi connectivity index (χ0n) is 12.2. The van der Waals surface area contributed by atoms with E-state index in [1.54, 1.807) is 12.1 Å². The SMILES string of the molecule is CCC(C)(CC)NCc1oc2ccccc2c1C(=O)O. The second-order valence-corrected chi connectivity index (χ2v) is 5.32. The van der Waals surface area contributed by atoms with Crippen molar-refractivity contribution in [2.75, 3.05) is 0 Å². The molecule has 4 nitrogen and oxygen atoms in total. The Morgan fingerprint density at radius 1 is 1.30 bits per heavy atom. The molecule has 4 heteroatoms. The van der Waals surface area contributed by atoms with Gasteiger partial charge in [0.2, 0.25) is 0 Å². The van der Waals surface area contributed by atoms with E-state index < -0.39 is 5.97 Å². The second-order valence-electron chi connectivity index (χ2n) is 5.32. The van der Waals surface area contributed by atoms with Gasteiger partial charge in [0.05, 0.1) is 6.54 Å². The average molecular weight is 275 g/mol. The summed E-state index contributed by atoms with van der Waals surface area (Å²) in [6.45, 7) is 6.80. The zero-order chi connectivity index (χ0) is 14.8. The molecule has 0 saturated heterocycles. The van der Waals surface area contributed by atoms with Crippen LogP contribution in [-0.4, -0.2) is 16.6 Å². The van der Waals surface area contributed by atoms with Gasteiger partial charge in [-0.2, -0.15) is 0 Å². The highest BCUT2D eigenvalue weighted by atomic mass is 16.4. The zero-order valence-corrected chi connectivity index (χ0v) is 12.2. The number of rotatable bonds is 6. The highest BCUT2D eigenvalue weighted by molar-refractivity contribution is 6.03. The van der Waals surface area contributed by atoms with E-state index in [1.807, 2.05) is 12.1 Å². The van der Waals surface area contributed by atoms with Gasteiger partial charge in [-0.25, -0.2) is 4.79 Å².